The van der Waals surface area contributed by atoms with Gasteiger partial charge in [0, 0.05) is 5.75 Å². The first-order valence-corrected chi connectivity index (χ1v) is 7.79. The Morgan fingerprint density at radius 3 is 2.17 bits per heavy atom. The molecule has 10 heteroatoms. The van der Waals surface area contributed by atoms with Crippen LogP contribution < -0.4 is 21.7 Å². The maximum Gasteiger partial charge on any atom is 0.326 e. The van der Waals surface area contributed by atoms with Crippen molar-refractivity contribution in [3.63, 3.8) is 0 Å². The molecule has 3 unspecified atom stereocenters. The molecule has 0 aromatic rings. The number of carboxylic acids is 1. The van der Waals surface area contributed by atoms with E-state index in [2.05, 4.69) is 28.6 Å². The fourth-order valence-corrected chi connectivity index (χ4v) is 1.70. The Hall–Kier alpha value is -1.81. The van der Waals surface area contributed by atoms with E-state index in [9.17, 15) is 19.2 Å². The van der Waals surface area contributed by atoms with E-state index >= 15 is 0 Å². The monoisotopic (exact) mass is 348 g/mol. The molecular formula is C13H24N4O5S. The molecule has 0 aliphatic heterocycles. The first kappa shape index (κ1) is 21.2. The van der Waals surface area contributed by atoms with Gasteiger partial charge in [0.1, 0.15) is 6.04 Å². The van der Waals surface area contributed by atoms with Gasteiger partial charge >= 0.3 is 5.97 Å². The van der Waals surface area contributed by atoms with Gasteiger partial charge in [-0.15, -0.1) is 0 Å². The molecule has 3 atom stereocenters. The summed E-state index contributed by atoms with van der Waals surface area (Å²) in [6.45, 7) is 2.81. The molecule has 0 saturated carbocycles. The number of hydrogen-bond donors (Lipinski definition) is 6. The van der Waals surface area contributed by atoms with Crippen LogP contribution in [-0.4, -0.2) is 59.7 Å². The second-order valence-electron chi connectivity index (χ2n) is 5.05. The standard InChI is InChI=1S/C13H24N4O5S/c1-3-7(2)11(13(21)22)17-10(19)5-15-9(18)4-16-12(20)8(14)6-23/h7-8,11,23H,3-6,14H2,1-2H3,(H,15,18)(H,16,20)(H,17,19)(H,21,22). The third-order valence-corrected chi connectivity index (χ3v) is 3.59. The normalized spacial score (nSPS) is 14.3. The molecule has 0 aromatic heterocycles. The summed E-state index contributed by atoms with van der Waals surface area (Å²) in [7, 11) is 0. The number of carbonyl (C=O) groups is 4. The minimum Gasteiger partial charge on any atom is -0.480 e. The number of amides is 3. The molecule has 0 aliphatic carbocycles. The van der Waals surface area contributed by atoms with Gasteiger partial charge in [0.2, 0.25) is 17.7 Å². The minimum atomic E-state index is -1.13. The number of nitrogens with two attached hydrogens (primary N) is 1. The number of carboxylic acid groups (broad SMARTS) is 1. The molecule has 6 N–H and O–H groups in total. The van der Waals surface area contributed by atoms with Crippen LogP contribution in [0.3, 0.4) is 0 Å². The Morgan fingerprint density at radius 1 is 1.13 bits per heavy atom. The molecule has 0 radical (unpaired) electrons. The van der Waals surface area contributed by atoms with Crippen molar-refractivity contribution >= 4 is 36.3 Å². The highest BCUT2D eigenvalue weighted by atomic mass is 32.1. The van der Waals surface area contributed by atoms with Crippen LogP contribution in [0.4, 0.5) is 0 Å². The zero-order chi connectivity index (χ0) is 18.0. The van der Waals surface area contributed by atoms with Crippen molar-refractivity contribution in [2.75, 3.05) is 18.8 Å². The van der Waals surface area contributed by atoms with E-state index in [1.807, 2.05) is 6.92 Å². The van der Waals surface area contributed by atoms with Gasteiger partial charge in [0.05, 0.1) is 19.1 Å². The predicted octanol–water partition coefficient (Wildman–Crippen LogP) is -1.91. The quantitative estimate of drug-likeness (QED) is 0.254. The maximum absolute atomic E-state index is 11.7. The average molecular weight is 348 g/mol. The summed E-state index contributed by atoms with van der Waals surface area (Å²) in [4.78, 5) is 45.6. The van der Waals surface area contributed by atoms with Gasteiger partial charge in [-0.25, -0.2) is 4.79 Å². The van der Waals surface area contributed by atoms with Crippen LogP contribution in [0.15, 0.2) is 0 Å². The van der Waals surface area contributed by atoms with Gasteiger partial charge in [-0.05, 0) is 5.92 Å². The molecule has 9 nitrogen and oxygen atoms in total. The number of rotatable bonds is 10. The van der Waals surface area contributed by atoms with Gasteiger partial charge in [-0.2, -0.15) is 12.6 Å². The van der Waals surface area contributed by atoms with Gasteiger partial charge in [0.15, 0.2) is 0 Å². The van der Waals surface area contributed by atoms with Gasteiger partial charge in [0.25, 0.3) is 0 Å². The van der Waals surface area contributed by atoms with Crippen LogP contribution in [0, 0.1) is 5.92 Å². The summed E-state index contributed by atoms with van der Waals surface area (Å²) in [5.74, 6) is -2.97. The number of thiol groups is 1. The molecule has 23 heavy (non-hydrogen) atoms. The van der Waals surface area contributed by atoms with Crippen LogP contribution in [0.5, 0.6) is 0 Å². The van der Waals surface area contributed by atoms with Crippen molar-refractivity contribution in [1.82, 2.24) is 16.0 Å². The number of hydrogen-bond acceptors (Lipinski definition) is 6. The minimum absolute atomic E-state index is 0.141. The number of carbonyl (C=O) groups excluding carboxylic acids is 3. The molecule has 0 aliphatic rings. The first-order chi connectivity index (χ1) is 10.7. The molecule has 0 spiro atoms. The van der Waals surface area contributed by atoms with E-state index in [0.717, 1.165) is 0 Å². The second-order valence-corrected chi connectivity index (χ2v) is 5.42. The highest BCUT2D eigenvalue weighted by molar-refractivity contribution is 7.80. The molecule has 0 aromatic carbocycles. The zero-order valence-corrected chi connectivity index (χ0v) is 14.1. The van der Waals surface area contributed by atoms with Crippen LogP contribution in [-0.2, 0) is 19.2 Å². The van der Waals surface area contributed by atoms with Crippen molar-refractivity contribution in [1.29, 1.82) is 0 Å². The average Bonchev–Trinajstić information content (AvgIpc) is 2.53. The van der Waals surface area contributed by atoms with Gasteiger partial charge in [-0.1, -0.05) is 20.3 Å². The van der Waals surface area contributed by atoms with E-state index in [1.165, 1.54) is 0 Å². The molecule has 0 saturated heterocycles. The highest BCUT2D eigenvalue weighted by Gasteiger charge is 2.25. The topological polar surface area (TPSA) is 151 Å². The van der Waals surface area contributed by atoms with Crippen molar-refractivity contribution in [2.24, 2.45) is 11.7 Å². The molecule has 0 fully saturated rings. The Labute approximate surface area is 140 Å². The highest BCUT2D eigenvalue weighted by Crippen LogP contribution is 2.07. The van der Waals surface area contributed by atoms with Gasteiger partial charge < -0.3 is 26.8 Å². The fraction of sp³-hybridized carbons (Fsp3) is 0.692. The lowest BCUT2D eigenvalue weighted by atomic mass is 9.99. The Kier molecular flexibility index (Phi) is 9.99. The smallest absolute Gasteiger partial charge is 0.326 e. The SMILES string of the molecule is CCC(C)C(NC(=O)CNC(=O)CNC(=O)C(N)CS)C(=O)O. The lowest BCUT2D eigenvalue weighted by molar-refractivity contribution is -0.143. The lowest BCUT2D eigenvalue weighted by Gasteiger charge is -2.20. The van der Waals surface area contributed by atoms with E-state index < -0.39 is 35.8 Å². The second kappa shape index (κ2) is 10.8. The molecule has 132 valence electrons. The van der Waals surface area contributed by atoms with E-state index in [-0.39, 0.29) is 24.8 Å². The molecule has 0 rings (SSSR count). The molecule has 3 amide bonds. The van der Waals surface area contributed by atoms with Crippen molar-refractivity contribution in [3.05, 3.63) is 0 Å². The summed E-state index contributed by atoms with van der Waals surface area (Å²) in [6.07, 6.45) is 0.584. The van der Waals surface area contributed by atoms with Crippen molar-refractivity contribution in [3.8, 4) is 0 Å². The number of nitrogens with one attached hydrogen (secondary N) is 3. The summed E-state index contributed by atoms with van der Waals surface area (Å²) in [6, 6.07) is -1.83. The largest absolute Gasteiger partial charge is 0.480 e. The summed E-state index contributed by atoms with van der Waals surface area (Å²) in [5, 5.41) is 16.0. The van der Waals surface area contributed by atoms with Crippen LogP contribution in [0.2, 0.25) is 0 Å². The van der Waals surface area contributed by atoms with Gasteiger partial charge in [-0.3, -0.25) is 14.4 Å². The number of aliphatic carboxylic acids is 1. The van der Waals surface area contributed by atoms with Crippen LogP contribution >= 0.6 is 12.6 Å². The molecule has 0 bridgehead atoms. The summed E-state index contributed by atoms with van der Waals surface area (Å²) < 4.78 is 0. The third kappa shape index (κ3) is 8.41. The zero-order valence-electron chi connectivity index (χ0n) is 13.2. The first-order valence-electron chi connectivity index (χ1n) is 7.15. The van der Waals surface area contributed by atoms with E-state index in [0.29, 0.717) is 6.42 Å². The maximum atomic E-state index is 11.7. The van der Waals surface area contributed by atoms with Crippen molar-refractivity contribution in [2.45, 2.75) is 32.4 Å². The third-order valence-electron chi connectivity index (χ3n) is 3.20. The van der Waals surface area contributed by atoms with E-state index in [4.69, 9.17) is 10.8 Å². The van der Waals surface area contributed by atoms with Crippen LogP contribution in [0.1, 0.15) is 20.3 Å². The lowest BCUT2D eigenvalue weighted by Crippen LogP contribution is -2.50. The molecular weight excluding hydrogens is 324 g/mol. The summed E-state index contributed by atoms with van der Waals surface area (Å²) in [5.41, 5.74) is 5.41. The van der Waals surface area contributed by atoms with Crippen LogP contribution in [0.25, 0.3) is 0 Å². The summed E-state index contributed by atoms with van der Waals surface area (Å²) >= 11 is 3.85. The Balaban J connectivity index is 4.20. The predicted molar refractivity (Wildman–Crippen MR) is 86.9 cm³/mol. The Morgan fingerprint density at radius 2 is 1.70 bits per heavy atom. The Bertz CT molecular complexity index is 446. The van der Waals surface area contributed by atoms with Crippen molar-refractivity contribution < 1.29 is 24.3 Å². The fourth-order valence-electron chi connectivity index (χ4n) is 1.53. The van der Waals surface area contributed by atoms with E-state index in [1.54, 1.807) is 6.92 Å². The molecule has 0 heterocycles.